The number of methoxy groups -OCH3 is 1. The van der Waals surface area contributed by atoms with Gasteiger partial charge in [0.15, 0.2) is 11.6 Å². The number of carbonyl (C=O) groups excluding carboxylic acids is 1. The van der Waals surface area contributed by atoms with E-state index < -0.39 is 11.4 Å². The van der Waals surface area contributed by atoms with Gasteiger partial charge in [0.05, 0.1) is 13.2 Å². The number of piperazine rings is 1. The maximum atomic E-state index is 13.8. The molecule has 0 bridgehead atoms. The van der Waals surface area contributed by atoms with Crippen LogP contribution < -0.4 is 10.1 Å². The lowest BCUT2D eigenvalue weighted by Crippen LogP contribution is -2.49. The molecular weight excluding hydrogens is 287 g/mol. The van der Waals surface area contributed by atoms with Gasteiger partial charge in [-0.2, -0.15) is 0 Å². The average molecular weight is 310 g/mol. The summed E-state index contributed by atoms with van der Waals surface area (Å²) in [5.41, 5.74) is 0.260. The zero-order valence-corrected chi connectivity index (χ0v) is 13.5. The predicted octanol–water partition coefficient (Wildman–Crippen LogP) is 2.72. The van der Waals surface area contributed by atoms with Gasteiger partial charge in [-0.3, -0.25) is 0 Å². The van der Waals surface area contributed by atoms with Crippen LogP contribution in [-0.4, -0.2) is 43.3 Å². The second-order valence-corrected chi connectivity index (χ2v) is 6.33. The number of hydrogen-bond acceptors (Lipinski definition) is 4. The Morgan fingerprint density at radius 3 is 2.73 bits per heavy atom. The van der Waals surface area contributed by atoms with Gasteiger partial charge >= 0.3 is 6.09 Å². The summed E-state index contributed by atoms with van der Waals surface area (Å²) in [6.07, 6.45) is -0.340. The number of halogens is 1. The Bertz CT molecular complexity index is 543. The minimum absolute atomic E-state index is 0.123. The van der Waals surface area contributed by atoms with E-state index in [1.54, 1.807) is 17.0 Å². The zero-order valence-electron chi connectivity index (χ0n) is 13.5. The summed E-state index contributed by atoms with van der Waals surface area (Å²) >= 11 is 0. The quantitative estimate of drug-likeness (QED) is 0.912. The van der Waals surface area contributed by atoms with Crippen molar-refractivity contribution in [3.05, 3.63) is 29.6 Å². The van der Waals surface area contributed by atoms with Gasteiger partial charge in [0.1, 0.15) is 5.60 Å². The first-order valence-corrected chi connectivity index (χ1v) is 7.35. The van der Waals surface area contributed by atoms with E-state index in [1.165, 1.54) is 13.2 Å². The molecular formula is C16H23FN2O3. The molecule has 0 spiro atoms. The number of nitrogens with zero attached hydrogens (tertiary/aromatic N) is 1. The Morgan fingerprint density at radius 2 is 2.14 bits per heavy atom. The molecule has 0 aliphatic carbocycles. The van der Waals surface area contributed by atoms with Gasteiger partial charge in [-0.15, -0.1) is 0 Å². The van der Waals surface area contributed by atoms with Gasteiger partial charge in [-0.25, -0.2) is 9.18 Å². The van der Waals surface area contributed by atoms with Crippen LogP contribution in [0, 0.1) is 5.82 Å². The Hall–Kier alpha value is -1.82. The molecule has 1 unspecified atom stereocenters. The summed E-state index contributed by atoms with van der Waals surface area (Å²) < 4.78 is 24.1. The number of carbonyl (C=O) groups is 1. The van der Waals surface area contributed by atoms with Gasteiger partial charge in [0.25, 0.3) is 0 Å². The highest BCUT2D eigenvalue weighted by Crippen LogP contribution is 2.24. The molecule has 1 saturated heterocycles. The molecule has 1 amide bonds. The molecule has 122 valence electrons. The predicted molar refractivity (Wildman–Crippen MR) is 81.5 cm³/mol. The third-order valence-corrected chi connectivity index (χ3v) is 3.41. The smallest absolute Gasteiger partial charge is 0.410 e. The Balaban J connectivity index is 2.07. The molecule has 1 aliphatic heterocycles. The zero-order chi connectivity index (χ0) is 16.3. The lowest BCUT2D eigenvalue weighted by atomic mass is 10.0. The van der Waals surface area contributed by atoms with E-state index in [0.29, 0.717) is 19.6 Å². The summed E-state index contributed by atoms with van der Waals surface area (Å²) in [6.45, 7) is 7.17. The van der Waals surface area contributed by atoms with Crippen LogP contribution in [0.4, 0.5) is 9.18 Å². The molecule has 1 aliphatic rings. The lowest BCUT2D eigenvalue weighted by molar-refractivity contribution is 0.0195. The van der Waals surface area contributed by atoms with Crippen molar-refractivity contribution in [3.63, 3.8) is 0 Å². The van der Waals surface area contributed by atoms with Crippen molar-refractivity contribution in [1.29, 1.82) is 0 Å². The van der Waals surface area contributed by atoms with Gasteiger partial charge in [-0.05, 0) is 38.5 Å². The molecule has 0 aromatic heterocycles. The topological polar surface area (TPSA) is 50.8 Å². The van der Waals surface area contributed by atoms with Crippen LogP contribution in [0.15, 0.2) is 18.2 Å². The van der Waals surface area contributed by atoms with E-state index in [9.17, 15) is 9.18 Å². The first-order valence-electron chi connectivity index (χ1n) is 7.35. The molecule has 1 heterocycles. The summed E-state index contributed by atoms with van der Waals surface area (Å²) in [7, 11) is 1.43. The normalized spacial score (nSPS) is 19.0. The molecule has 22 heavy (non-hydrogen) atoms. The largest absolute Gasteiger partial charge is 0.494 e. The molecule has 6 heteroatoms. The van der Waals surface area contributed by atoms with Crippen LogP contribution >= 0.6 is 0 Å². The SMILES string of the molecule is COc1ccc(C2CN(C(=O)OC(C)(C)C)CCN2)cc1F. The summed E-state index contributed by atoms with van der Waals surface area (Å²) in [4.78, 5) is 13.8. The molecule has 1 atom stereocenters. The third kappa shape index (κ3) is 4.10. The maximum Gasteiger partial charge on any atom is 0.410 e. The van der Waals surface area contributed by atoms with Gasteiger partial charge in [-0.1, -0.05) is 6.07 Å². The van der Waals surface area contributed by atoms with E-state index in [2.05, 4.69) is 5.32 Å². The van der Waals surface area contributed by atoms with Crippen LogP contribution in [0.1, 0.15) is 32.4 Å². The molecule has 1 fully saturated rings. The van der Waals surface area contributed by atoms with Gasteiger partial charge in [0.2, 0.25) is 0 Å². The first kappa shape index (κ1) is 16.5. The van der Waals surface area contributed by atoms with Crippen molar-refractivity contribution < 1.29 is 18.7 Å². The van der Waals surface area contributed by atoms with Crippen LogP contribution in [0.5, 0.6) is 5.75 Å². The van der Waals surface area contributed by atoms with Crippen molar-refractivity contribution in [2.75, 3.05) is 26.7 Å². The van der Waals surface area contributed by atoms with Crippen molar-refractivity contribution in [2.24, 2.45) is 0 Å². The van der Waals surface area contributed by atoms with E-state index in [-0.39, 0.29) is 17.9 Å². The third-order valence-electron chi connectivity index (χ3n) is 3.41. The fourth-order valence-corrected chi connectivity index (χ4v) is 2.36. The fraction of sp³-hybridized carbons (Fsp3) is 0.562. The minimum atomic E-state index is -0.524. The van der Waals surface area contributed by atoms with Crippen LogP contribution in [0.3, 0.4) is 0 Å². The van der Waals surface area contributed by atoms with E-state index in [4.69, 9.17) is 9.47 Å². The number of benzene rings is 1. The molecule has 5 nitrogen and oxygen atoms in total. The summed E-state index contributed by atoms with van der Waals surface area (Å²) in [5, 5.41) is 3.29. The van der Waals surface area contributed by atoms with Gasteiger partial charge < -0.3 is 19.7 Å². The summed E-state index contributed by atoms with van der Waals surface area (Å²) in [5.74, 6) is -0.195. The Morgan fingerprint density at radius 1 is 1.41 bits per heavy atom. The van der Waals surface area contributed by atoms with E-state index in [1.807, 2.05) is 20.8 Å². The average Bonchev–Trinajstić information content (AvgIpc) is 2.45. The Kier molecular flexibility index (Phi) is 4.90. The van der Waals surface area contributed by atoms with Crippen molar-refractivity contribution in [1.82, 2.24) is 10.2 Å². The molecule has 0 radical (unpaired) electrons. The fourth-order valence-electron chi connectivity index (χ4n) is 2.36. The van der Waals surface area contributed by atoms with E-state index in [0.717, 1.165) is 5.56 Å². The monoisotopic (exact) mass is 310 g/mol. The highest BCUT2D eigenvalue weighted by Gasteiger charge is 2.28. The standard InChI is InChI=1S/C16H23FN2O3/c1-16(2,3)22-15(20)19-8-7-18-13(10-19)11-5-6-14(21-4)12(17)9-11/h5-6,9,13,18H,7-8,10H2,1-4H3. The Labute approximate surface area is 130 Å². The number of ether oxygens (including phenoxy) is 2. The molecule has 1 N–H and O–H groups in total. The number of nitrogens with one attached hydrogen (secondary N) is 1. The summed E-state index contributed by atoms with van der Waals surface area (Å²) in [6, 6.07) is 4.72. The second-order valence-electron chi connectivity index (χ2n) is 6.33. The second kappa shape index (κ2) is 6.52. The molecule has 2 rings (SSSR count). The highest BCUT2D eigenvalue weighted by atomic mass is 19.1. The number of amides is 1. The van der Waals surface area contributed by atoms with E-state index >= 15 is 0 Å². The van der Waals surface area contributed by atoms with Crippen molar-refractivity contribution in [3.8, 4) is 5.75 Å². The number of rotatable bonds is 2. The van der Waals surface area contributed by atoms with Crippen molar-refractivity contribution in [2.45, 2.75) is 32.4 Å². The van der Waals surface area contributed by atoms with Crippen LogP contribution in [-0.2, 0) is 4.74 Å². The number of hydrogen-bond donors (Lipinski definition) is 1. The van der Waals surface area contributed by atoms with Crippen LogP contribution in [0.25, 0.3) is 0 Å². The molecule has 1 aromatic carbocycles. The molecule has 1 aromatic rings. The van der Waals surface area contributed by atoms with Crippen molar-refractivity contribution >= 4 is 6.09 Å². The van der Waals surface area contributed by atoms with Gasteiger partial charge in [0, 0.05) is 19.6 Å². The minimum Gasteiger partial charge on any atom is -0.494 e. The maximum absolute atomic E-state index is 13.8. The molecule has 0 saturated carbocycles. The van der Waals surface area contributed by atoms with Crippen LogP contribution in [0.2, 0.25) is 0 Å². The first-order chi connectivity index (χ1) is 10.3. The lowest BCUT2D eigenvalue weighted by Gasteiger charge is -2.35. The highest BCUT2D eigenvalue weighted by molar-refractivity contribution is 5.68.